The summed E-state index contributed by atoms with van der Waals surface area (Å²) >= 11 is 0. The molecule has 1 nitrogen and oxygen atoms in total. The average Bonchev–Trinajstić information content (AvgIpc) is 1.89. The fourth-order valence-corrected chi connectivity index (χ4v) is 0.447. The minimum atomic E-state index is 1.02. The maximum atomic E-state index is 3.56. The van der Waals surface area contributed by atoms with Crippen molar-refractivity contribution in [2.45, 2.75) is 20.3 Å². The van der Waals surface area contributed by atoms with Gasteiger partial charge in [0.05, 0.1) is 0 Å². The lowest BCUT2D eigenvalue weighted by Crippen LogP contribution is -2.11. The van der Waals surface area contributed by atoms with Crippen LogP contribution in [0.2, 0.25) is 0 Å². The third-order valence-electron chi connectivity index (χ3n) is 1.02. The van der Waals surface area contributed by atoms with Gasteiger partial charge in [0.1, 0.15) is 0 Å². The molecule has 0 aromatic carbocycles. The molecule has 0 spiro atoms. The Morgan fingerprint density at radius 1 is 1.45 bits per heavy atom. The van der Waals surface area contributed by atoms with E-state index in [1.54, 1.807) is 6.08 Å². The summed E-state index contributed by atoms with van der Waals surface area (Å²) in [6.45, 7) is 12.3. The van der Waals surface area contributed by atoms with Crippen molar-refractivity contribution in [2.24, 2.45) is 0 Å². The van der Waals surface area contributed by atoms with Crippen molar-refractivity contribution in [1.29, 1.82) is 0 Å². The van der Waals surface area contributed by atoms with Gasteiger partial charge in [-0.3, -0.25) is 0 Å². The van der Waals surface area contributed by atoms with Crippen LogP contribution in [0.4, 0.5) is 0 Å². The maximum Gasteiger partial charge on any atom is -0.00275 e. The first-order chi connectivity index (χ1) is 5.04. The fourth-order valence-electron chi connectivity index (χ4n) is 0.447. The standard InChI is InChI=1S/C5H13N.C5H8/c1-4-5-6(2)3;1-4-5(2)3/h4-5H2,1-3H3;4H,1-2H2,3H3. The van der Waals surface area contributed by atoms with Crippen LogP contribution < -0.4 is 0 Å². The number of allylic oxidation sites excluding steroid dienone is 2. The Labute approximate surface area is 71.4 Å². The van der Waals surface area contributed by atoms with E-state index in [-0.39, 0.29) is 0 Å². The van der Waals surface area contributed by atoms with E-state index >= 15 is 0 Å². The van der Waals surface area contributed by atoms with Crippen molar-refractivity contribution in [2.75, 3.05) is 20.6 Å². The molecule has 0 unspecified atom stereocenters. The zero-order valence-electron chi connectivity index (χ0n) is 8.35. The van der Waals surface area contributed by atoms with Crippen molar-refractivity contribution in [1.82, 2.24) is 4.90 Å². The third kappa shape index (κ3) is 26.5. The van der Waals surface area contributed by atoms with Crippen LogP contribution >= 0.6 is 0 Å². The zero-order valence-corrected chi connectivity index (χ0v) is 8.35. The molecule has 0 atom stereocenters. The molecule has 0 rings (SSSR count). The van der Waals surface area contributed by atoms with E-state index in [4.69, 9.17) is 0 Å². The quantitative estimate of drug-likeness (QED) is 0.566. The van der Waals surface area contributed by atoms with E-state index < -0.39 is 0 Å². The Balaban J connectivity index is 0. The summed E-state index contributed by atoms with van der Waals surface area (Å²) in [7, 11) is 4.17. The molecule has 66 valence electrons. The summed E-state index contributed by atoms with van der Waals surface area (Å²) in [6.07, 6.45) is 2.98. The molecule has 1 heteroatoms. The lowest BCUT2D eigenvalue weighted by atomic mass is 10.4. The Bertz CT molecular complexity index is 103. The number of hydrogen-bond acceptors (Lipinski definition) is 1. The van der Waals surface area contributed by atoms with E-state index in [1.807, 2.05) is 6.92 Å². The Kier molecular flexibility index (Phi) is 11.2. The van der Waals surface area contributed by atoms with Crippen molar-refractivity contribution < 1.29 is 0 Å². The van der Waals surface area contributed by atoms with Crippen LogP contribution in [0.25, 0.3) is 0 Å². The molecule has 0 saturated heterocycles. The van der Waals surface area contributed by atoms with Gasteiger partial charge in [-0.2, -0.15) is 0 Å². The number of hydrogen-bond donors (Lipinski definition) is 0. The van der Waals surface area contributed by atoms with Crippen molar-refractivity contribution in [3.8, 4) is 0 Å². The van der Waals surface area contributed by atoms with Gasteiger partial charge in [-0.15, -0.1) is 0 Å². The molecule has 0 aliphatic heterocycles. The first-order valence-electron chi connectivity index (χ1n) is 3.97. The van der Waals surface area contributed by atoms with Gasteiger partial charge in [0.2, 0.25) is 0 Å². The second-order valence-corrected chi connectivity index (χ2v) is 2.85. The van der Waals surface area contributed by atoms with Crippen molar-refractivity contribution in [3.05, 3.63) is 24.8 Å². The molecule has 0 N–H and O–H groups in total. The smallest absolute Gasteiger partial charge is 0.00275 e. The van der Waals surface area contributed by atoms with Gasteiger partial charge in [-0.1, -0.05) is 31.7 Å². The Morgan fingerprint density at radius 2 is 1.82 bits per heavy atom. The van der Waals surface area contributed by atoms with Gasteiger partial charge in [-0.05, 0) is 34.0 Å². The molecule has 0 amide bonds. The zero-order chi connectivity index (χ0) is 9.28. The molecule has 0 heterocycles. The molecule has 0 aromatic heterocycles. The molecular formula is C10H21N. The number of rotatable bonds is 3. The van der Waals surface area contributed by atoms with Crippen LogP contribution in [0.3, 0.4) is 0 Å². The minimum Gasteiger partial charge on any atom is -0.309 e. The van der Waals surface area contributed by atoms with E-state index in [2.05, 4.69) is 39.1 Å². The normalized spacial score (nSPS) is 8.45. The topological polar surface area (TPSA) is 3.24 Å². The summed E-state index contributed by atoms with van der Waals surface area (Å²) in [4.78, 5) is 2.18. The average molecular weight is 155 g/mol. The Hall–Kier alpha value is -0.560. The van der Waals surface area contributed by atoms with Gasteiger partial charge in [0, 0.05) is 0 Å². The van der Waals surface area contributed by atoms with Gasteiger partial charge >= 0.3 is 0 Å². The maximum absolute atomic E-state index is 3.56. The highest BCUT2D eigenvalue weighted by Crippen LogP contribution is 1.81. The van der Waals surface area contributed by atoms with Crippen molar-refractivity contribution >= 4 is 0 Å². The van der Waals surface area contributed by atoms with Crippen LogP contribution in [-0.4, -0.2) is 25.5 Å². The monoisotopic (exact) mass is 155 g/mol. The second kappa shape index (κ2) is 9.44. The molecular weight excluding hydrogens is 134 g/mol. The predicted octanol–water partition coefficient (Wildman–Crippen LogP) is 2.71. The first kappa shape index (κ1) is 13.1. The molecule has 0 saturated carbocycles. The summed E-state index contributed by atoms with van der Waals surface area (Å²) in [5, 5.41) is 0. The molecule has 0 aliphatic carbocycles. The van der Waals surface area contributed by atoms with Crippen LogP contribution in [-0.2, 0) is 0 Å². The van der Waals surface area contributed by atoms with Crippen LogP contribution in [0, 0.1) is 0 Å². The van der Waals surface area contributed by atoms with Gasteiger partial charge in [0.25, 0.3) is 0 Å². The first-order valence-corrected chi connectivity index (χ1v) is 3.97. The summed E-state index contributed by atoms with van der Waals surface area (Å²) in [6, 6.07) is 0. The van der Waals surface area contributed by atoms with E-state index in [9.17, 15) is 0 Å². The largest absolute Gasteiger partial charge is 0.309 e. The van der Waals surface area contributed by atoms with Crippen LogP contribution in [0.15, 0.2) is 24.8 Å². The summed E-state index contributed by atoms with van der Waals surface area (Å²) in [5.41, 5.74) is 1.02. The van der Waals surface area contributed by atoms with Crippen LogP contribution in [0.1, 0.15) is 20.3 Å². The lowest BCUT2D eigenvalue weighted by Gasteiger charge is -2.03. The molecule has 0 aliphatic rings. The fraction of sp³-hybridized carbons (Fsp3) is 0.600. The summed E-state index contributed by atoms with van der Waals surface area (Å²) in [5.74, 6) is 0. The van der Waals surface area contributed by atoms with Gasteiger partial charge in [0.15, 0.2) is 0 Å². The van der Waals surface area contributed by atoms with E-state index in [1.165, 1.54) is 13.0 Å². The molecule has 0 radical (unpaired) electrons. The molecule has 11 heavy (non-hydrogen) atoms. The second-order valence-electron chi connectivity index (χ2n) is 2.85. The van der Waals surface area contributed by atoms with Gasteiger partial charge in [-0.25, -0.2) is 0 Å². The summed E-state index contributed by atoms with van der Waals surface area (Å²) < 4.78 is 0. The highest BCUT2D eigenvalue weighted by molar-refractivity contribution is 5.05. The third-order valence-corrected chi connectivity index (χ3v) is 1.02. The predicted molar refractivity (Wildman–Crippen MR) is 53.9 cm³/mol. The molecule has 0 fully saturated rings. The van der Waals surface area contributed by atoms with Crippen molar-refractivity contribution in [3.63, 3.8) is 0 Å². The highest BCUT2D eigenvalue weighted by atomic mass is 15.0. The highest BCUT2D eigenvalue weighted by Gasteiger charge is 1.79. The number of nitrogens with zero attached hydrogens (tertiary/aromatic N) is 1. The van der Waals surface area contributed by atoms with Gasteiger partial charge < -0.3 is 4.90 Å². The molecule has 0 bridgehead atoms. The van der Waals surface area contributed by atoms with E-state index in [0.29, 0.717) is 0 Å². The SMILES string of the molecule is C=CC(=C)C.CCCN(C)C. The van der Waals surface area contributed by atoms with E-state index in [0.717, 1.165) is 5.57 Å². The lowest BCUT2D eigenvalue weighted by molar-refractivity contribution is 0.408. The minimum absolute atomic E-state index is 1.02. The molecule has 0 aromatic rings. The Morgan fingerprint density at radius 3 is 1.82 bits per heavy atom. The van der Waals surface area contributed by atoms with Crippen LogP contribution in [0.5, 0.6) is 0 Å².